The van der Waals surface area contributed by atoms with Crippen LogP contribution in [0.4, 0.5) is 5.69 Å². The van der Waals surface area contributed by atoms with E-state index in [9.17, 15) is 13.2 Å². The summed E-state index contributed by atoms with van der Waals surface area (Å²) >= 11 is 0. The number of hydrogen-bond acceptors (Lipinski definition) is 5. The maximum absolute atomic E-state index is 12.7. The van der Waals surface area contributed by atoms with Gasteiger partial charge in [-0.05, 0) is 62.4 Å². The van der Waals surface area contributed by atoms with E-state index in [0.29, 0.717) is 11.3 Å². The fourth-order valence-electron chi connectivity index (χ4n) is 3.98. The maximum Gasteiger partial charge on any atom is 0.271 e. The van der Waals surface area contributed by atoms with Gasteiger partial charge in [-0.3, -0.25) is 9.52 Å². The third-order valence-electron chi connectivity index (χ3n) is 6.19. The monoisotopic (exact) mass is 549 g/mol. The molecule has 4 aromatic carbocycles. The quantitative estimate of drug-likeness (QED) is 0.191. The fraction of sp³-hybridized carbons (Fsp3) is 0.0645. The first-order valence-corrected chi connectivity index (χ1v) is 14.0. The van der Waals surface area contributed by atoms with Gasteiger partial charge in [0.1, 0.15) is 5.69 Å². The van der Waals surface area contributed by atoms with E-state index < -0.39 is 15.9 Å². The number of benzene rings is 4. The van der Waals surface area contributed by atoms with Crippen molar-refractivity contribution in [2.45, 2.75) is 18.7 Å². The molecular weight excluding hydrogens is 522 g/mol. The number of anilines is 1. The summed E-state index contributed by atoms with van der Waals surface area (Å²) in [5, 5.41) is 8.93. The highest BCUT2D eigenvalue weighted by Crippen LogP contribution is 2.23. The number of nitrogens with zero attached hydrogens (tertiary/aromatic N) is 3. The molecule has 0 saturated carbocycles. The Morgan fingerprint density at radius 2 is 1.45 bits per heavy atom. The highest BCUT2D eigenvalue weighted by molar-refractivity contribution is 7.92. The van der Waals surface area contributed by atoms with Crippen molar-refractivity contribution in [1.29, 1.82) is 0 Å². The molecule has 0 spiro atoms. The van der Waals surface area contributed by atoms with Crippen molar-refractivity contribution >= 4 is 27.8 Å². The molecule has 1 aromatic heterocycles. The molecule has 0 fully saturated rings. The van der Waals surface area contributed by atoms with Crippen molar-refractivity contribution in [3.05, 3.63) is 132 Å². The summed E-state index contributed by atoms with van der Waals surface area (Å²) in [7, 11) is -3.74. The molecule has 0 radical (unpaired) electrons. The van der Waals surface area contributed by atoms with Gasteiger partial charge in [0.05, 0.1) is 16.8 Å². The van der Waals surface area contributed by atoms with E-state index in [4.69, 9.17) is 5.10 Å². The zero-order chi connectivity index (χ0) is 28.1. The number of nitrogens with one attached hydrogen (secondary N) is 2. The predicted molar refractivity (Wildman–Crippen MR) is 157 cm³/mol. The minimum absolute atomic E-state index is 0.162. The zero-order valence-electron chi connectivity index (χ0n) is 21.9. The molecule has 8 nitrogen and oxygen atoms in total. The standard InChI is InChI=1S/C31H27N5O3S/c1-22-8-12-24(13-9-22)30-26(21-36(34-30)28-6-4-3-5-7-28)20-32-33-31(37)25-14-16-27(17-15-25)35-40(38,39)29-18-10-23(2)11-19-29/h3-21,35H,1-2H3,(H,33,37)/b32-20+. The van der Waals surface area contributed by atoms with E-state index in [1.54, 1.807) is 35.2 Å². The first-order valence-electron chi connectivity index (χ1n) is 12.5. The molecule has 9 heteroatoms. The predicted octanol–water partition coefficient (Wildman–Crippen LogP) is 5.72. The number of carbonyl (C=O) groups is 1. The van der Waals surface area contributed by atoms with Gasteiger partial charge in [-0.2, -0.15) is 10.2 Å². The number of aryl methyl sites for hydroxylation is 2. The Bertz CT molecular complexity index is 1760. The highest BCUT2D eigenvalue weighted by Gasteiger charge is 2.15. The van der Waals surface area contributed by atoms with Crippen LogP contribution in [0.15, 0.2) is 119 Å². The van der Waals surface area contributed by atoms with Crippen LogP contribution in [0.1, 0.15) is 27.0 Å². The lowest BCUT2D eigenvalue weighted by molar-refractivity contribution is 0.0955. The van der Waals surface area contributed by atoms with Crippen LogP contribution in [0.2, 0.25) is 0 Å². The largest absolute Gasteiger partial charge is 0.280 e. The third kappa shape index (κ3) is 6.16. The minimum atomic E-state index is -3.74. The van der Waals surface area contributed by atoms with E-state index in [1.807, 2.05) is 74.6 Å². The summed E-state index contributed by atoms with van der Waals surface area (Å²) in [6, 6.07) is 30.5. The van der Waals surface area contributed by atoms with Gasteiger partial charge >= 0.3 is 0 Å². The summed E-state index contributed by atoms with van der Waals surface area (Å²) < 4.78 is 29.6. The Morgan fingerprint density at radius 1 is 0.825 bits per heavy atom. The molecule has 0 aliphatic carbocycles. The molecule has 0 atom stereocenters. The molecule has 5 rings (SSSR count). The molecule has 5 aromatic rings. The number of amides is 1. The van der Waals surface area contributed by atoms with E-state index in [-0.39, 0.29) is 4.90 Å². The van der Waals surface area contributed by atoms with E-state index >= 15 is 0 Å². The van der Waals surface area contributed by atoms with Crippen LogP contribution in [0.3, 0.4) is 0 Å². The summed E-state index contributed by atoms with van der Waals surface area (Å²) in [5.74, 6) is -0.434. The first kappa shape index (κ1) is 26.6. The number of rotatable bonds is 8. The Kier molecular flexibility index (Phi) is 7.56. The highest BCUT2D eigenvalue weighted by atomic mass is 32.2. The van der Waals surface area contributed by atoms with E-state index in [0.717, 1.165) is 33.6 Å². The first-order chi connectivity index (χ1) is 19.3. The average Bonchev–Trinajstić information content (AvgIpc) is 3.38. The Morgan fingerprint density at radius 3 is 2.10 bits per heavy atom. The lowest BCUT2D eigenvalue weighted by Gasteiger charge is -2.09. The summed E-state index contributed by atoms with van der Waals surface area (Å²) in [6.45, 7) is 3.91. The van der Waals surface area contributed by atoms with Crippen LogP contribution in [0, 0.1) is 13.8 Å². The van der Waals surface area contributed by atoms with Crippen LogP contribution in [-0.4, -0.2) is 30.3 Å². The SMILES string of the molecule is Cc1ccc(-c2nn(-c3ccccc3)cc2/C=N/NC(=O)c2ccc(NS(=O)(=O)c3ccc(C)cc3)cc2)cc1. The van der Waals surface area contributed by atoms with Gasteiger partial charge in [-0.25, -0.2) is 18.5 Å². The van der Waals surface area contributed by atoms with Gasteiger partial charge in [0, 0.05) is 28.6 Å². The second kappa shape index (κ2) is 11.4. The Hall–Kier alpha value is -5.02. The van der Waals surface area contributed by atoms with Crippen molar-refractivity contribution in [2.75, 3.05) is 4.72 Å². The number of hydrogen-bond donors (Lipinski definition) is 2. The van der Waals surface area contributed by atoms with Gasteiger partial charge in [-0.1, -0.05) is 65.7 Å². The third-order valence-corrected chi connectivity index (χ3v) is 7.59. The number of para-hydroxylation sites is 1. The van der Waals surface area contributed by atoms with E-state index in [2.05, 4.69) is 15.2 Å². The fourth-order valence-corrected chi connectivity index (χ4v) is 5.04. The molecular formula is C31H27N5O3S. The van der Waals surface area contributed by atoms with Crippen LogP contribution in [-0.2, 0) is 10.0 Å². The topological polar surface area (TPSA) is 105 Å². The maximum atomic E-state index is 12.7. The minimum Gasteiger partial charge on any atom is -0.280 e. The van der Waals surface area contributed by atoms with Gasteiger partial charge in [-0.15, -0.1) is 0 Å². The number of aromatic nitrogens is 2. The number of hydrazone groups is 1. The van der Waals surface area contributed by atoms with Crippen molar-refractivity contribution in [3.63, 3.8) is 0 Å². The lowest BCUT2D eigenvalue weighted by Crippen LogP contribution is -2.18. The van der Waals surface area contributed by atoms with Crippen LogP contribution < -0.4 is 10.1 Å². The zero-order valence-corrected chi connectivity index (χ0v) is 22.8. The Balaban J connectivity index is 1.30. The smallest absolute Gasteiger partial charge is 0.271 e. The van der Waals surface area contributed by atoms with Gasteiger partial charge in [0.25, 0.3) is 15.9 Å². The second-order valence-electron chi connectivity index (χ2n) is 9.27. The summed E-state index contributed by atoms with van der Waals surface area (Å²) in [4.78, 5) is 12.9. The van der Waals surface area contributed by atoms with Crippen molar-refractivity contribution in [1.82, 2.24) is 15.2 Å². The van der Waals surface area contributed by atoms with Crippen LogP contribution in [0.25, 0.3) is 16.9 Å². The molecule has 0 aliphatic rings. The van der Waals surface area contributed by atoms with Gasteiger partial charge in [0.2, 0.25) is 0 Å². The van der Waals surface area contributed by atoms with Crippen molar-refractivity contribution in [2.24, 2.45) is 5.10 Å². The van der Waals surface area contributed by atoms with Gasteiger partial charge in [0.15, 0.2) is 0 Å². The number of sulfonamides is 1. The molecule has 0 bridgehead atoms. The molecule has 2 N–H and O–H groups in total. The molecule has 0 saturated heterocycles. The van der Waals surface area contributed by atoms with Crippen molar-refractivity contribution in [3.8, 4) is 16.9 Å². The van der Waals surface area contributed by atoms with E-state index in [1.165, 1.54) is 24.3 Å². The van der Waals surface area contributed by atoms with Crippen LogP contribution >= 0.6 is 0 Å². The number of carbonyl (C=O) groups excluding carboxylic acids is 1. The second-order valence-corrected chi connectivity index (χ2v) is 11.0. The average molecular weight is 550 g/mol. The summed E-state index contributed by atoms with van der Waals surface area (Å²) in [5.41, 5.74) is 8.60. The molecule has 0 aliphatic heterocycles. The Labute approximate surface area is 233 Å². The molecule has 200 valence electrons. The normalized spacial score (nSPS) is 11.4. The molecule has 1 heterocycles. The van der Waals surface area contributed by atoms with Crippen LogP contribution in [0.5, 0.6) is 0 Å². The summed E-state index contributed by atoms with van der Waals surface area (Å²) in [6.07, 6.45) is 3.42. The van der Waals surface area contributed by atoms with Crippen molar-refractivity contribution < 1.29 is 13.2 Å². The lowest BCUT2D eigenvalue weighted by atomic mass is 10.1. The molecule has 0 unspecified atom stereocenters. The van der Waals surface area contributed by atoms with Gasteiger partial charge < -0.3 is 0 Å². The molecule has 1 amide bonds. The molecule has 40 heavy (non-hydrogen) atoms.